The number of nitrogens with zero attached hydrogens (tertiary/aromatic N) is 1. The van der Waals surface area contributed by atoms with E-state index in [-0.39, 0.29) is 27.3 Å². The molecule has 0 aliphatic carbocycles. The third-order valence-corrected chi connectivity index (χ3v) is 7.59. The van der Waals surface area contributed by atoms with Crippen molar-refractivity contribution in [3.05, 3.63) is 42.5 Å². The fraction of sp³-hybridized carbons (Fsp3) is 0.333. The highest BCUT2D eigenvalue weighted by molar-refractivity contribution is 7.98. The minimum absolute atomic E-state index is 0.0378. The molecule has 0 bridgehead atoms. The van der Waals surface area contributed by atoms with Gasteiger partial charge in [-0.05, 0) is 56.5 Å². The van der Waals surface area contributed by atoms with Gasteiger partial charge in [-0.2, -0.15) is 0 Å². The maximum absolute atomic E-state index is 12.9. The van der Waals surface area contributed by atoms with Crippen molar-refractivity contribution in [2.45, 2.75) is 34.6 Å². The van der Waals surface area contributed by atoms with E-state index in [1.807, 2.05) is 6.26 Å². The maximum atomic E-state index is 12.9. The Labute approximate surface area is 171 Å². The van der Waals surface area contributed by atoms with Crippen molar-refractivity contribution in [1.82, 2.24) is 4.31 Å². The molecule has 0 heterocycles. The fourth-order valence-corrected chi connectivity index (χ4v) is 4.86. The minimum Gasteiger partial charge on any atom is -0.489 e. The van der Waals surface area contributed by atoms with Crippen LogP contribution >= 0.6 is 11.8 Å². The smallest absolute Gasteiger partial charge is 0.262 e. The molecule has 2 aromatic carbocycles. The van der Waals surface area contributed by atoms with Gasteiger partial charge in [-0.1, -0.05) is 6.07 Å². The van der Waals surface area contributed by atoms with E-state index in [9.17, 15) is 16.8 Å². The topological polar surface area (TPSA) is 92.8 Å². The highest BCUT2D eigenvalue weighted by Gasteiger charge is 2.22. The SMILES string of the molecule is CSc1cccc(S(=O)(=O)Nc2cc(S(=O)(=O)N(C)C)ccc2OC(C)C)c1. The van der Waals surface area contributed by atoms with Gasteiger partial charge in [0.05, 0.1) is 21.6 Å². The van der Waals surface area contributed by atoms with E-state index < -0.39 is 20.0 Å². The molecule has 0 aromatic heterocycles. The first kappa shape index (κ1) is 22.5. The summed E-state index contributed by atoms with van der Waals surface area (Å²) in [7, 11) is -4.86. The summed E-state index contributed by atoms with van der Waals surface area (Å²) in [5.74, 6) is 0.248. The Morgan fingerprint density at radius 2 is 1.68 bits per heavy atom. The van der Waals surface area contributed by atoms with Crippen molar-refractivity contribution in [3.8, 4) is 5.75 Å². The lowest BCUT2D eigenvalue weighted by Crippen LogP contribution is -2.23. The average molecular weight is 445 g/mol. The van der Waals surface area contributed by atoms with E-state index >= 15 is 0 Å². The molecule has 10 heteroatoms. The van der Waals surface area contributed by atoms with Gasteiger partial charge in [0, 0.05) is 19.0 Å². The second kappa shape index (κ2) is 8.73. The average Bonchev–Trinajstić information content (AvgIpc) is 2.62. The van der Waals surface area contributed by atoms with Crippen LogP contribution in [0, 0.1) is 0 Å². The number of nitrogens with one attached hydrogen (secondary N) is 1. The molecule has 154 valence electrons. The number of benzene rings is 2. The summed E-state index contributed by atoms with van der Waals surface area (Å²) in [5.41, 5.74) is 0.0613. The molecule has 0 fully saturated rings. The summed E-state index contributed by atoms with van der Waals surface area (Å²) in [6, 6.07) is 10.6. The predicted molar refractivity (Wildman–Crippen MR) is 112 cm³/mol. The Balaban J connectivity index is 2.54. The lowest BCUT2D eigenvalue weighted by molar-refractivity contribution is 0.243. The molecule has 0 amide bonds. The number of ether oxygens (including phenoxy) is 1. The van der Waals surface area contributed by atoms with Gasteiger partial charge < -0.3 is 4.74 Å². The predicted octanol–water partition coefficient (Wildman–Crippen LogP) is 3.25. The van der Waals surface area contributed by atoms with Gasteiger partial charge in [-0.25, -0.2) is 21.1 Å². The van der Waals surface area contributed by atoms with Crippen molar-refractivity contribution >= 4 is 37.5 Å². The molecule has 7 nitrogen and oxygen atoms in total. The first-order valence-electron chi connectivity index (χ1n) is 8.37. The second-order valence-corrected chi connectivity index (χ2v) is 11.1. The van der Waals surface area contributed by atoms with E-state index in [1.165, 1.54) is 50.1 Å². The molecule has 2 aromatic rings. The van der Waals surface area contributed by atoms with Crippen molar-refractivity contribution in [1.29, 1.82) is 0 Å². The van der Waals surface area contributed by atoms with Crippen LogP contribution in [0.25, 0.3) is 0 Å². The molecule has 28 heavy (non-hydrogen) atoms. The zero-order chi connectivity index (χ0) is 21.1. The minimum atomic E-state index is -3.94. The maximum Gasteiger partial charge on any atom is 0.262 e. The third-order valence-electron chi connectivity index (χ3n) is 3.69. The van der Waals surface area contributed by atoms with Gasteiger partial charge in [0.1, 0.15) is 5.75 Å². The molecule has 0 atom stereocenters. The summed E-state index contributed by atoms with van der Waals surface area (Å²) in [4.78, 5) is 0.838. The molecule has 2 rings (SSSR count). The molecular weight excluding hydrogens is 420 g/mol. The fourth-order valence-electron chi connectivity index (χ4n) is 2.29. The van der Waals surface area contributed by atoms with Crippen LogP contribution in [0.1, 0.15) is 13.8 Å². The van der Waals surface area contributed by atoms with Crippen molar-refractivity contribution in [3.63, 3.8) is 0 Å². The zero-order valence-corrected chi connectivity index (χ0v) is 18.8. The van der Waals surface area contributed by atoms with Crippen molar-refractivity contribution < 1.29 is 21.6 Å². The molecular formula is C18H24N2O5S3. The standard InChI is InChI=1S/C18H24N2O5S3/c1-13(2)25-18-10-9-16(28(23,24)20(3)4)12-17(18)19-27(21,22)15-8-6-7-14(11-15)26-5/h6-13,19H,1-5H3. The molecule has 0 saturated carbocycles. The highest BCUT2D eigenvalue weighted by Crippen LogP contribution is 2.32. The summed E-state index contributed by atoms with van der Waals surface area (Å²) in [5, 5.41) is 0. The van der Waals surface area contributed by atoms with Gasteiger partial charge in [-0.15, -0.1) is 11.8 Å². The van der Waals surface area contributed by atoms with E-state index in [2.05, 4.69) is 4.72 Å². The molecule has 0 spiro atoms. The van der Waals surface area contributed by atoms with E-state index in [4.69, 9.17) is 4.74 Å². The normalized spacial score (nSPS) is 12.4. The molecule has 0 saturated heterocycles. The van der Waals surface area contributed by atoms with Crippen LogP contribution in [0.2, 0.25) is 0 Å². The molecule has 0 aliphatic heterocycles. The quantitative estimate of drug-likeness (QED) is 0.629. The number of hydrogen-bond donors (Lipinski definition) is 1. The zero-order valence-electron chi connectivity index (χ0n) is 16.3. The summed E-state index contributed by atoms with van der Waals surface area (Å²) in [6.07, 6.45) is 1.63. The van der Waals surface area contributed by atoms with Crippen molar-refractivity contribution in [2.24, 2.45) is 0 Å². The monoisotopic (exact) mass is 444 g/mol. The van der Waals surface area contributed by atoms with Crippen LogP contribution < -0.4 is 9.46 Å². The van der Waals surface area contributed by atoms with Crippen LogP contribution in [-0.2, 0) is 20.0 Å². The number of rotatable bonds is 8. The van der Waals surface area contributed by atoms with Crippen LogP contribution in [0.15, 0.2) is 57.2 Å². The third kappa shape index (κ3) is 5.19. The van der Waals surface area contributed by atoms with Gasteiger partial charge >= 0.3 is 0 Å². The van der Waals surface area contributed by atoms with E-state index in [0.717, 1.165) is 9.20 Å². The second-order valence-electron chi connectivity index (χ2n) is 6.40. The first-order chi connectivity index (χ1) is 13.0. The Hall–Kier alpha value is -1.75. The van der Waals surface area contributed by atoms with E-state index in [1.54, 1.807) is 32.0 Å². The van der Waals surface area contributed by atoms with Crippen LogP contribution in [-0.4, -0.2) is 47.6 Å². The Kier molecular flexibility index (Phi) is 7.02. The summed E-state index contributed by atoms with van der Waals surface area (Å²) < 4.78 is 59.8. The van der Waals surface area contributed by atoms with Gasteiger partial charge in [0.2, 0.25) is 10.0 Å². The van der Waals surface area contributed by atoms with Crippen LogP contribution in [0.5, 0.6) is 5.75 Å². The van der Waals surface area contributed by atoms with Crippen LogP contribution in [0.3, 0.4) is 0 Å². The number of anilines is 1. The van der Waals surface area contributed by atoms with Crippen LogP contribution in [0.4, 0.5) is 5.69 Å². The molecule has 0 unspecified atom stereocenters. The first-order valence-corrected chi connectivity index (χ1v) is 12.5. The largest absolute Gasteiger partial charge is 0.489 e. The highest BCUT2D eigenvalue weighted by atomic mass is 32.2. The number of sulfonamides is 2. The lowest BCUT2D eigenvalue weighted by Gasteiger charge is -2.18. The Bertz CT molecular complexity index is 1050. The van der Waals surface area contributed by atoms with Crippen molar-refractivity contribution in [2.75, 3.05) is 25.1 Å². The molecule has 1 N–H and O–H groups in total. The Morgan fingerprint density at radius 3 is 2.25 bits per heavy atom. The van der Waals surface area contributed by atoms with Gasteiger partial charge in [0.15, 0.2) is 0 Å². The summed E-state index contributed by atoms with van der Waals surface area (Å²) in [6.45, 7) is 3.59. The van der Waals surface area contributed by atoms with Gasteiger partial charge in [-0.3, -0.25) is 4.72 Å². The Morgan fingerprint density at radius 1 is 1.00 bits per heavy atom. The van der Waals surface area contributed by atoms with E-state index in [0.29, 0.717) is 0 Å². The molecule has 0 radical (unpaired) electrons. The number of hydrogen-bond acceptors (Lipinski definition) is 6. The molecule has 0 aliphatic rings. The van der Waals surface area contributed by atoms with Gasteiger partial charge in [0.25, 0.3) is 10.0 Å². The summed E-state index contributed by atoms with van der Waals surface area (Å²) >= 11 is 1.42. The number of thioether (sulfide) groups is 1. The lowest BCUT2D eigenvalue weighted by atomic mass is 10.3.